The molecule has 2 aromatic heterocycles. The van der Waals surface area contributed by atoms with Crippen LogP contribution >= 0.6 is 11.6 Å². The largest absolute Gasteiger partial charge is 0.497 e. The number of aromatic nitrogens is 3. The maximum Gasteiger partial charge on any atom is 0.266 e. The molecule has 2 heterocycles. The van der Waals surface area contributed by atoms with Crippen molar-refractivity contribution in [3.63, 3.8) is 0 Å². The second-order valence-corrected chi connectivity index (χ2v) is 7.61. The smallest absolute Gasteiger partial charge is 0.266 e. The average Bonchev–Trinajstić information content (AvgIpc) is 3.21. The van der Waals surface area contributed by atoms with Crippen molar-refractivity contribution in [1.82, 2.24) is 20.3 Å². The lowest BCUT2D eigenvalue weighted by molar-refractivity contribution is 0.0951. The summed E-state index contributed by atoms with van der Waals surface area (Å²) in [6.07, 6.45) is 0. The highest BCUT2D eigenvalue weighted by Gasteiger charge is 2.22. The number of hydrogen-bond donors (Lipinski definition) is 1. The highest BCUT2D eigenvalue weighted by atomic mass is 35.5. The first-order valence-electron chi connectivity index (χ1n) is 10.2. The van der Waals surface area contributed by atoms with E-state index in [0.29, 0.717) is 33.3 Å². The van der Waals surface area contributed by atoms with E-state index in [4.69, 9.17) is 20.9 Å². The Morgan fingerprint density at radius 3 is 2.61 bits per heavy atom. The average molecular weight is 465 g/mol. The van der Waals surface area contributed by atoms with Gasteiger partial charge in [-0.05, 0) is 43.3 Å². The molecule has 0 aliphatic heterocycles. The van der Waals surface area contributed by atoms with Crippen LogP contribution < -0.4 is 15.6 Å². The first-order valence-corrected chi connectivity index (χ1v) is 10.6. The highest BCUT2D eigenvalue weighted by molar-refractivity contribution is 6.33. The number of amides is 1. The number of carbonyl (C=O) groups excluding carboxylic acids is 1. The van der Waals surface area contributed by atoms with Crippen molar-refractivity contribution < 1.29 is 14.1 Å². The van der Waals surface area contributed by atoms with Gasteiger partial charge in [0.2, 0.25) is 0 Å². The summed E-state index contributed by atoms with van der Waals surface area (Å²) < 4.78 is 11.7. The zero-order valence-corrected chi connectivity index (χ0v) is 18.8. The molecule has 1 amide bonds. The monoisotopic (exact) mass is 464 g/mol. The second kappa shape index (κ2) is 9.70. The number of ether oxygens (including phenoxy) is 1. The summed E-state index contributed by atoms with van der Waals surface area (Å²) in [5.74, 6) is 0.734. The Kier molecular flexibility index (Phi) is 6.55. The Labute approximate surface area is 194 Å². The number of carbonyl (C=O) groups is 1. The third kappa shape index (κ3) is 4.80. The van der Waals surface area contributed by atoms with Gasteiger partial charge in [-0.2, -0.15) is 5.10 Å². The van der Waals surface area contributed by atoms with Gasteiger partial charge in [-0.25, -0.2) is 4.68 Å². The first-order chi connectivity index (χ1) is 16.0. The summed E-state index contributed by atoms with van der Waals surface area (Å²) in [4.78, 5) is 25.1. The van der Waals surface area contributed by atoms with Crippen LogP contribution in [0.15, 0.2) is 70.0 Å². The summed E-state index contributed by atoms with van der Waals surface area (Å²) >= 11 is 6.26. The number of hydrogen-bond acceptors (Lipinski definition) is 6. The van der Waals surface area contributed by atoms with Crippen LogP contribution in [0.4, 0.5) is 0 Å². The molecule has 0 radical (unpaired) electrons. The van der Waals surface area contributed by atoms with Crippen LogP contribution in [-0.4, -0.2) is 34.5 Å². The zero-order chi connectivity index (χ0) is 23.4. The minimum Gasteiger partial charge on any atom is -0.497 e. The summed E-state index contributed by atoms with van der Waals surface area (Å²) in [5.41, 5.74) is 2.49. The van der Waals surface area contributed by atoms with Crippen LogP contribution in [0, 0.1) is 6.92 Å². The summed E-state index contributed by atoms with van der Waals surface area (Å²) in [5, 5.41) is 11.7. The van der Waals surface area contributed by atoms with E-state index in [2.05, 4.69) is 15.6 Å². The predicted molar refractivity (Wildman–Crippen MR) is 125 cm³/mol. The number of nitrogens with one attached hydrogen (secondary N) is 1. The molecule has 0 saturated carbocycles. The van der Waals surface area contributed by atoms with Crippen LogP contribution in [0.3, 0.4) is 0 Å². The fourth-order valence-electron chi connectivity index (χ4n) is 3.37. The first kappa shape index (κ1) is 22.3. The Morgan fingerprint density at radius 1 is 1.12 bits per heavy atom. The molecule has 0 atom stereocenters. The maximum atomic E-state index is 12.9. The van der Waals surface area contributed by atoms with Crippen molar-refractivity contribution in [1.29, 1.82) is 0 Å². The van der Waals surface area contributed by atoms with E-state index in [1.807, 2.05) is 24.3 Å². The molecule has 2 aromatic carbocycles. The zero-order valence-electron chi connectivity index (χ0n) is 18.0. The van der Waals surface area contributed by atoms with Gasteiger partial charge in [0.1, 0.15) is 22.8 Å². The molecular weight excluding hydrogens is 444 g/mol. The van der Waals surface area contributed by atoms with E-state index in [-0.39, 0.29) is 24.6 Å². The molecule has 0 fully saturated rings. The number of benzene rings is 2. The normalized spacial score (nSPS) is 10.8. The van der Waals surface area contributed by atoms with E-state index < -0.39 is 0 Å². The summed E-state index contributed by atoms with van der Waals surface area (Å²) in [7, 11) is 1.60. The molecule has 33 heavy (non-hydrogen) atoms. The maximum absolute atomic E-state index is 12.9. The molecule has 4 rings (SSSR count). The fourth-order valence-corrected chi connectivity index (χ4v) is 3.59. The van der Waals surface area contributed by atoms with Crippen LogP contribution in [0.1, 0.15) is 16.1 Å². The van der Waals surface area contributed by atoms with Gasteiger partial charge < -0.3 is 14.6 Å². The van der Waals surface area contributed by atoms with Crippen LogP contribution in [0.25, 0.3) is 22.5 Å². The van der Waals surface area contributed by atoms with E-state index in [0.717, 1.165) is 11.3 Å². The minimum atomic E-state index is -0.372. The van der Waals surface area contributed by atoms with Gasteiger partial charge in [-0.1, -0.05) is 35.0 Å². The Hall–Kier alpha value is -3.91. The molecule has 1 N–H and O–H groups in total. The number of halogens is 1. The van der Waals surface area contributed by atoms with Crippen LogP contribution in [0.2, 0.25) is 5.02 Å². The van der Waals surface area contributed by atoms with Crippen molar-refractivity contribution in [3.8, 4) is 28.3 Å². The van der Waals surface area contributed by atoms with Gasteiger partial charge in [-0.3, -0.25) is 9.59 Å². The van der Waals surface area contributed by atoms with Gasteiger partial charge in [0.05, 0.1) is 24.4 Å². The van der Waals surface area contributed by atoms with E-state index in [1.165, 1.54) is 10.7 Å². The predicted octanol–water partition coefficient (Wildman–Crippen LogP) is 3.97. The summed E-state index contributed by atoms with van der Waals surface area (Å²) in [6, 6.07) is 17.6. The molecular formula is C24H21ClN4O4. The summed E-state index contributed by atoms with van der Waals surface area (Å²) in [6.45, 7) is 2.04. The van der Waals surface area contributed by atoms with Crippen molar-refractivity contribution in [2.45, 2.75) is 13.5 Å². The molecule has 0 bridgehead atoms. The SMILES string of the molecule is COc1ccc(-c2ccc(=O)n(CCNC(=O)c3c(-c4ccccc4Cl)noc3C)n2)cc1. The molecule has 168 valence electrons. The molecule has 0 aliphatic rings. The fraction of sp³-hybridized carbons (Fsp3) is 0.167. The Bertz CT molecular complexity index is 1350. The van der Waals surface area contributed by atoms with Crippen molar-refractivity contribution in [2.75, 3.05) is 13.7 Å². The van der Waals surface area contributed by atoms with Gasteiger partial charge in [0.25, 0.3) is 11.5 Å². The van der Waals surface area contributed by atoms with Gasteiger partial charge >= 0.3 is 0 Å². The van der Waals surface area contributed by atoms with E-state index in [1.54, 1.807) is 44.4 Å². The topological polar surface area (TPSA) is 99.2 Å². The third-order valence-electron chi connectivity index (χ3n) is 5.08. The lowest BCUT2D eigenvalue weighted by Gasteiger charge is -2.09. The third-order valence-corrected chi connectivity index (χ3v) is 5.41. The van der Waals surface area contributed by atoms with Crippen molar-refractivity contribution in [3.05, 3.63) is 87.4 Å². The van der Waals surface area contributed by atoms with Crippen LogP contribution in [0.5, 0.6) is 5.75 Å². The molecule has 0 spiro atoms. The number of methoxy groups -OCH3 is 1. The lowest BCUT2D eigenvalue weighted by Crippen LogP contribution is -2.32. The van der Waals surface area contributed by atoms with E-state index in [9.17, 15) is 9.59 Å². The Balaban J connectivity index is 1.48. The van der Waals surface area contributed by atoms with E-state index >= 15 is 0 Å². The van der Waals surface area contributed by atoms with Gasteiger partial charge in [-0.15, -0.1) is 0 Å². The van der Waals surface area contributed by atoms with Crippen molar-refractivity contribution in [2.24, 2.45) is 0 Å². The molecule has 9 heteroatoms. The molecule has 4 aromatic rings. The molecule has 0 aliphatic carbocycles. The number of nitrogens with zero attached hydrogens (tertiary/aromatic N) is 3. The lowest BCUT2D eigenvalue weighted by atomic mass is 10.1. The quantitative estimate of drug-likeness (QED) is 0.444. The highest BCUT2D eigenvalue weighted by Crippen LogP contribution is 2.30. The number of aryl methyl sites for hydroxylation is 1. The Morgan fingerprint density at radius 2 is 1.88 bits per heavy atom. The van der Waals surface area contributed by atoms with Crippen molar-refractivity contribution >= 4 is 17.5 Å². The molecule has 0 saturated heterocycles. The molecule has 0 unspecified atom stereocenters. The van der Waals surface area contributed by atoms with Gasteiger partial charge in [0.15, 0.2) is 0 Å². The number of rotatable bonds is 7. The van der Waals surface area contributed by atoms with Crippen LogP contribution in [-0.2, 0) is 6.54 Å². The minimum absolute atomic E-state index is 0.185. The standard InChI is InChI=1S/C24H21ClN4O4/c1-15-22(23(28-33-15)18-5-3-4-6-19(18)25)24(31)26-13-14-29-21(30)12-11-20(27-29)16-7-9-17(32-2)10-8-16/h3-12H,13-14H2,1-2H3,(H,26,31). The second-order valence-electron chi connectivity index (χ2n) is 7.21. The molecule has 8 nitrogen and oxygen atoms in total. The van der Waals surface area contributed by atoms with Gasteiger partial charge in [0, 0.05) is 23.7 Å².